The van der Waals surface area contributed by atoms with E-state index < -0.39 is 32.5 Å². The van der Waals surface area contributed by atoms with Crippen molar-refractivity contribution >= 4 is 15.7 Å². The zero-order valence-electron chi connectivity index (χ0n) is 12.4. The van der Waals surface area contributed by atoms with Crippen molar-refractivity contribution in [3.63, 3.8) is 0 Å². The number of anilines is 1. The number of sulfonamides is 1. The van der Waals surface area contributed by atoms with E-state index in [1.807, 2.05) is 0 Å². The van der Waals surface area contributed by atoms with Gasteiger partial charge in [0.15, 0.2) is 11.5 Å². The van der Waals surface area contributed by atoms with Crippen LogP contribution in [0, 0.1) is 5.82 Å². The lowest BCUT2D eigenvalue weighted by Gasteiger charge is -2.19. The highest BCUT2D eigenvalue weighted by Gasteiger charge is 2.35. The Morgan fingerprint density at radius 3 is 2.32 bits per heavy atom. The maximum absolute atomic E-state index is 13.3. The highest BCUT2D eigenvalue weighted by atomic mass is 32.2. The number of hydrogen-bond acceptors (Lipinski definition) is 4. The van der Waals surface area contributed by atoms with E-state index in [2.05, 4.69) is 4.72 Å². The molecule has 0 fully saturated rings. The van der Waals surface area contributed by atoms with Gasteiger partial charge in [-0.1, -0.05) is 0 Å². The first-order valence-corrected chi connectivity index (χ1v) is 8.44. The molecule has 0 bridgehead atoms. The first kappa shape index (κ1) is 17.3. The van der Waals surface area contributed by atoms with Crippen molar-refractivity contribution < 1.29 is 35.5 Å². The number of alkyl halides is 3. The van der Waals surface area contributed by atoms with E-state index in [4.69, 9.17) is 9.47 Å². The molecule has 0 aliphatic carbocycles. The second-order valence-electron chi connectivity index (χ2n) is 5.10. The molecule has 0 atom stereocenters. The van der Waals surface area contributed by atoms with Crippen LogP contribution < -0.4 is 14.2 Å². The molecule has 2 aromatic rings. The summed E-state index contributed by atoms with van der Waals surface area (Å²) < 4.78 is 88.8. The fourth-order valence-electron chi connectivity index (χ4n) is 2.21. The van der Waals surface area contributed by atoms with Gasteiger partial charge in [0.25, 0.3) is 10.0 Å². The average Bonchev–Trinajstić information content (AvgIpc) is 2.53. The number of ether oxygens (including phenoxy) is 2. The van der Waals surface area contributed by atoms with Gasteiger partial charge in [0.05, 0.1) is 16.1 Å². The molecular weight excluding hydrogens is 366 g/mol. The zero-order valence-corrected chi connectivity index (χ0v) is 13.2. The van der Waals surface area contributed by atoms with Crippen molar-refractivity contribution in [3.05, 3.63) is 47.8 Å². The van der Waals surface area contributed by atoms with Crippen molar-refractivity contribution in [3.8, 4) is 11.5 Å². The topological polar surface area (TPSA) is 64.6 Å². The maximum atomic E-state index is 13.3. The van der Waals surface area contributed by atoms with Gasteiger partial charge in [0.2, 0.25) is 0 Å². The van der Waals surface area contributed by atoms with Crippen LogP contribution >= 0.6 is 0 Å². The Bertz CT molecular complexity index is 912. The number of hydrogen-bond donors (Lipinski definition) is 1. The molecule has 1 aliphatic rings. The Morgan fingerprint density at radius 1 is 0.960 bits per heavy atom. The molecule has 0 saturated heterocycles. The average molecular weight is 377 g/mol. The SMILES string of the molecule is O=S(=O)(Nc1ccc2c(c1)OCCO2)c1ccc(F)c(C(F)(F)F)c1. The molecule has 0 aromatic heterocycles. The van der Waals surface area contributed by atoms with Crippen molar-refractivity contribution in [1.82, 2.24) is 0 Å². The molecule has 25 heavy (non-hydrogen) atoms. The lowest BCUT2D eigenvalue weighted by Crippen LogP contribution is -2.17. The second-order valence-corrected chi connectivity index (χ2v) is 6.79. The van der Waals surface area contributed by atoms with Crippen LogP contribution in [0.4, 0.5) is 23.2 Å². The molecule has 1 N–H and O–H groups in total. The predicted molar refractivity (Wildman–Crippen MR) is 79.6 cm³/mol. The lowest BCUT2D eigenvalue weighted by atomic mass is 10.2. The summed E-state index contributed by atoms with van der Waals surface area (Å²) in [6, 6.07) is 5.65. The molecule has 0 spiro atoms. The van der Waals surface area contributed by atoms with Crippen LogP contribution in [0.1, 0.15) is 5.56 Å². The summed E-state index contributed by atoms with van der Waals surface area (Å²) >= 11 is 0. The number of nitrogens with one attached hydrogen (secondary N) is 1. The van der Waals surface area contributed by atoms with Crippen molar-refractivity contribution in [1.29, 1.82) is 0 Å². The number of fused-ring (bicyclic) bond motifs is 1. The van der Waals surface area contributed by atoms with E-state index >= 15 is 0 Å². The number of benzene rings is 2. The van der Waals surface area contributed by atoms with Crippen LogP contribution in [0.2, 0.25) is 0 Å². The Labute approximate surface area is 140 Å². The predicted octanol–water partition coefficient (Wildman–Crippen LogP) is 3.42. The molecule has 3 rings (SSSR count). The van der Waals surface area contributed by atoms with Crippen molar-refractivity contribution in [2.24, 2.45) is 0 Å². The minimum Gasteiger partial charge on any atom is -0.486 e. The third kappa shape index (κ3) is 3.63. The maximum Gasteiger partial charge on any atom is 0.419 e. The fraction of sp³-hybridized carbons (Fsp3) is 0.200. The van der Waals surface area contributed by atoms with E-state index in [-0.39, 0.29) is 18.4 Å². The molecule has 10 heteroatoms. The minimum atomic E-state index is -5.01. The van der Waals surface area contributed by atoms with Crippen LogP contribution in [0.3, 0.4) is 0 Å². The molecule has 1 aliphatic heterocycles. The van der Waals surface area contributed by atoms with Gasteiger partial charge in [-0.3, -0.25) is 4.72 Å². The monoisotopic (exact) mass is 377 g/mol. The first-order valence-electron chi connectivity index (χ1n) is 6.96. The summed E-state index contributed by atoms with van der Waals surface area (Å²) in [5.74, 6) is -0.817. The third-order valence-corrected chi connectivity index (χ3v) is 4.73. The van der Waals surface area contributed by atoms with Crippen molar-refractivity contribution in [2.75, 3.05) is 17.9 Å². The van der Waals surface area contributed by atoms with Gasteiger partial charge in [-0.2, -0.15) is 13.2 Å². The molecule has 1 heterocycles. The summed E-state index contributed by atoms with van der Waals surface area (Å²) in [5.41, 5.74) is -1.58. The Kier molecular flexibility index (Phi) is 4.23. The van der Waals surface area contributed by atoms with Crippen LogP contribution in [0.15, 0.2) is 41.3 Å². The van der Waals surface area contributed by atoms with Crippen LogP contribution in [0.5, 0.6) is 11.5 Å². The molecule has 0 radical (unpaired) electrons. The molecular formula is C15H11F4NO4S. The van der Waals surface area contributed by atoms with Gasteiger partial charge in [-0.05, 0) is 30.3 Å². The fourth-order valence-corrected chi connectivity index (χ4v) is 3.29. The van der Waals surface area contributed by atoms with Gasteiger partial charge >= 0.3 is 6.18 Å². The number of halogens is 4. The van der Waals surface area contributed by atoms with Gasteiger partial charge < -0.3 is 9.47 Å². The largest absolute Gasteiger partial charge is 0.486 e. The highest BCUT2D eigenvalue weighted by molar-refractivity contribution is 7.92. The van der Waals surface area contributed by atoms with E-state index in [0.717, 1.165) is 6.07 Å². The lowest BCUT2D eigenvalue weighted by molar-refractivity contribution is -0.140. The van der Waals surface area contributed by atoms with Gasteiger partial charge in [0, 0.05) is 6.07 Å². The summed E-state index contributed by atoms with van der Waals surface area (Å²) in [7, 11) is -4.35. The molecule has 2 aromatic carbocycles. The first-order chi connectivity index (χ1) is 11.7. The van der Waals surface area contributed by atoms with Crippen LogP contribution in [-0.4, -0.2) is 21.6 Å². The van der Waals surface area contributed by atoms with E-state index in [0.29, 0.717) is 24.2 Å². The van der Waals surface area contributed by atoms with Crippen LogP contribution in [-0.2, 0) is 16.2 Å². The normalized spacial score (nSPS) is 14.2. The second kappa shape index (κ2) is 6.10. The van der Waals surface area contributed by atoms with Gasteiger partial charge in [-0.15, -0.1) is 0 Å². The van der Waals surface area contributed by atoms with E-state index in [9.17, 15) is 26.0 Å². The summed E-state index contributed by atoms with van der Waals surface area (Å²) in [4.78, 5) is -0.712. The Hall–Kier alpha value is -2.49. The number of rotatable bonds is 3. The van der Waals surface area contributed by atoms with E-state index in [1.54, 1.807) is 0 Å². The van der Waals surface area contributed by atoms with E-state index in [1.165, 1.54) is 18.2 Å². The van der Waals surface area contributed by atoms with Gasteiger partial charge in [-0.25, -0.2) is 12.8 Å². The molecule has 0 saturated carbocycles. The Morgan fingerprint density at radius 2 is 1.64 bits per heavy atom. The summed E-state index contributed by atoms with van der Waals surface area (Å²) in [5, 5.41) is 0. The van der Waals surface area contributed by atoms with Crippen LogP contribution in [0.25, 0.3) is 0 Å². The quantitative estimate of drug-likeness (QED) is 0.833. The standard InChI is InChI=1S/C15H11F4NO4S/c16-12-3-2-10(8-11(12)15(17,18)19)25(21,22)20-9-1-4-13-14(7-9)24-6-5-23-13/h1-4,7-8,20H,5-6H2. The summed E-state index contributed by atoms with van der Waals surface area (Å²) in [6.07, 6.45) is -5.01. The third-order valence-electron chi connectivity index (χ3n) is 3.35. The summed E-state index contributed by atoms with van der Waals surface area (Å²) in [6.45, 7) is 0.643. The van der Waals surface area contributed by atoms with Gasteiger partial charge in [0.1, 0.15) is 19.0 Å². The molecule has 134 valence electrons. The minimum absolute atomic E-state index is 0.0714. The molecule has 0 unspecified atom stereocenters. The van der Waals surface area contributed by atoms with Crippen molar-refractivity contribution in [2.45, 2.75) is 11.1 Å². The molecule has 0 amide bonds. The zero-order chi connectivity index (χ0) is 18.2. The highest BCUT2D eigenvalue weighted by Crippen LogP contribution is 2.35. The smallest absolute Gasteiger partial charge is 0.419 e. The Balaban J connectivity index is 1.92. The molecule has 5 nitrogen and oxygen atoms in total.